The van der Waals surface area contributed by atoms with E-state index in [1.54, 1.807) is 20.8 Å². The van der Waals surface area contributed by atoms with E-state index < -0.39 is 11.7 Å². The minimum absolute atomic E-state index is 0.202. The average molecular weight is 271 g/mol. The number of hydrogen-bond donors (Lipinski definition) is 1. The number of carbonyl (C=O) groups is 2. The van der Waals surface area contributed by atoms with Gasteiger partial charge in [-0.15, -0.1) is 11.6 Å². The molecule has 0 aromatic carbocycles. The Labute approximate surface area is 110 Å². The van der Waals surface area contributed by atoms with Crippen molar-refractivity contribution in [2.45, 2.75) is 32.3 Å². The quantitative estimate of drug-likeness (QED) is 0.677. The first-order valence-corrected chi connectivity index (χ1v) is 5.89. The minimum Gasteiger partial charge on any atom is -0.444 e. The van der Waals surface area contributed by atoms with Crippen molar-refractivity contribution in [1.29, 1.82) is 0 Å². The van der Waals surface area contributed by atoms with E-state index >= 15 is 0 Å². The number of pyridine rings is 1. The van der Waals surface area contributed by atoms with Crippen LogP contribution in [0.15, 0.2) is 12.3 Å². The number of alkyl halides is 1. The van der Waals surface area contributed by atoms with Gasteiger partial charge in [0.25, 0.3) is 0 Å². The number of aromatic nitrogens is 1. The molecule has 0 bridgehead atoms. The molecule has 1 heterocycles. The van der Waals surface area contributed by atoms with Crippen molar-refractivity contribution in [1.82, 2.24) is 4.98 Å². The number of amides is 1. The molecule has 18 heavy (non-hydrogen) atoms. The first-order chi connectivity index (χ1) is 8.35. The van der Waals surface area contributed by atoms with Crippen LogP contribution in [0.5, 0.6) is 0 Å². The molecule has 0 atom stereocenters. The molecule has 0 radical (unpaired) electrons. The van der Waals surface area contributed by atoms with Crippen molar-refractivity contribution in [3.8, 4) is 0 Å². The molecule has 98 valence electrons. The molecular weight excluding hydrogens is 256 g/mol. The summed E-state index contributed by atoms with van der Waals surface area (Å²) >= 11 is 5.61. The molecule has 1 rings (SSSR count). The third kappa shape index (κ3) is 4.33. The molecule has 1 aromatic rings. The fourth-order valence-corrected chi connectivity index (χ4v) is 1.35. The second kappa shape index (κ2) is 5.82. The van der Waals surface area contributed by atoms with Crippen molar-refractivity contribution < 1.29 is 14.3 Å². The number of halogens is 1. The minimum atomic E-state index is -0.633. The molecule has 0 unspecified atom stereocenters. The Morgan fingerprint density at radius 2 is 2.22 bits per heavy atom. The zero-order chi connectivity index (χ0) is 13.8. The van der Waals surface area contributed by atoms with Gasteiger partial charge in [0.1, 0.15) is 5.60 Å². The maximum absolute atomic E-state index is 11.5. The number of nitrogens with one attached hydrogen (secondary N) is 1. The van der Waals surface area contributed by atoms with Gasteiger partial charge in [-0.1, -0.05) is 0 Å². The number of hydrogen-bond acceptors (Lipinski definition) is 4. The van der Waals surface area contributed by atoms with Crippen LogP contribution >= 0.6 is 11.6 Å². The van der Waals surface area contributed by atoms with Gasteiger partial charge in [0, 0.05) is 5.56 Å². The molecule has 1 amide bonds. The second-order valence-electron chi connectivity index (χ2n) is 4.64. The third-order valence-electron chi connectivity index (χ3n) is 1.89. The number of rotatable bonds is 3. The number of ether oxygens (including phenoxy) is 1. The van der Waals surface area contributed by atoms with E-state index in [1.807, 2.05) is 0 Å². The van der Waals surface area contributed by atoms with Crippen molar-refractivity contribution >= 4 is 29.7 Å². The van der Waals surface area contributed by atoms with Crippen molar-refractivity contribution in [3.63, 3.8) is 0 Å². The van der Waals surface area contributed by atoms with Gasteiger partial charge >= 0.3 is 6.09 Å². The lowest BCUT2D eigenvalue weighted by atomic mass is 10.2. The van der Waals surface area contributed by atoms with Gasteiger partial charge in [-0.05, 0) is 26.8 Å². The van der Waals surface area contributed by atoms with Crippen molar-refractivity contribution in [2.24, 2.45) is 0 Å². The smallest absolute Gasteiger partial charge is 0.412 e. The fraction of sp³-hybridized carbons (Fsp3) is 0.417. The van der Waals surface area contributed by atoms with Gasteiger partial charge in [-0.2, -0.15) is 0 Å². The van der Waals surface area contributed by atoms with Gasteiger partial charge < -0.3 is 4.74 Å². The average Bonchev–Trinajstić information content (AvgIpc) is 2.27. The standard InChI is InChI=1S/C12H15ClN2O3/c1-12(2,3)18-11(17)15-10-6-14-9(5-13)4-8(10)7-16/h4,6-7H,5H2,1-3H3,(H,15,17). The number of nitrogens with zero attached hydrogens (tertiary/aromatic N) is 1. The second-order valence-corrected chi connectivity index (χ2v) is 4.91. The lowest BCUT2D eigenvalue weighted by Gasteiger charge is -2.20. The summed E-state index contributed by atoms with van der Waals surface area (Å²) in [5.74, 6) is 0.202. The van der Waals surface area contributed by atoms with Crippen LogP contribution in [0.2, 0.25) is 0 Å². The summed E-state index contributed by atoms with van der Waals surface area (Å²) < 4.78 is 5.08. The topological polar surface area (TPSA) is 68.3 Å². The van der Waals surface area contributed by atoms with E-state index in [1.165, 1.54) is 12.3 Å². The highest BCUT2D eigenvalue weighted by Gasteiger charge is 2.17. The molecule has 0 saturated carbocycles. The first kappa shape index (κ1) is 14.4. The maximum Gasteiger partial charge on any atom is 0.412 e. The van der Waals surface area contributed by atoms with Gasteiger partial charge in [-0.25, -0.2) is 4.79 Å². The van der Waals surface area contributed by atoms with Crippen LogP contribution in [-0.4, -0.2) is 23.0 Å². The third-order valence-corrected chi connectivity index (χ3v) is 2.17. The predicted octanol–water partition coefficient (Wildman–Crippen LogP) is 2.98. The molecule has 0 fully saturated rings. The van der Waals surface area contributed by atoms with E-state index in [0.717, 1.165) is 0 Å². The largest absolute Gasteiger partial charge is 0.444 e. The van der Waals surface area contributed by atoms with Crippen molar-refractivity contribution in [3.05, 3.63) is 23.5 Å². The molecule has 5 nitrogen and oxygen atoms in total. The lowest BCUT2D eigenvalue weighted by molar-refractivity contribution is 0.0636. The van der Waals surface area contributed by atoms with E-state index in [-0.39, 0.29) is 5.88 Å². The highest BCUT2D eigenvalue weighted by Crippen LogP contribution is 2.16. The number of carbonyl (C=O) groups excluding carboxylic acids is 2. The Hall–Kier alpha value is -1.62. The van der Waals surface area contributed by atoms with Crippen LogP contribution in [-0.2, 0) is 10.6 Å². The van der Waals surface area contributed by atoms with Crippen LogP contribution in [0.25, 0.3) is 0 Å². The van der Waals surface area contributed by atoms with E-state index in [2.05, 4.69) is 10.3 Å². The van der Waals surface area contributed by atoms with E-state index in [9.17, 15) is 9.59 Å². The summed E-state index contributed by atoms with van der Waals surface area (Å²) in [6.45, 7) is 5.26. The Morgan fingerprint density at radius 3 is 2.72 bits per heavy atom. The normalized spacial score (nSPS) is 10.9. The number of aldehydes is 1. The summed E-state index contributed by atoms with van der Waals surface area (Å²) in [7, 11) is 0. The monoisotopic (exact) mass is 270 g/mol. The summed E-state index contributed by atoms with van der Waals surface area (Å²) in [6, 6.07) is 1.52. The van der Waals surface area contributed by atoms with Crippen LogP contribution in [0.1, 0.15) is 36.8 Å². The molecule has 1 aromatic heterocycles. The van der Waals surface area contributed by atoms with Gasteiger partial charge in [0.05, 0.1) is 23.5 Å². The van der Waals surface area contributed by atoms with Crippen molar-refractivity contribution in [2.75, 3.05) is 5.32 Å². The Bertz CT molecular complexity index is 455. The Kier molecular flexibility index (Phi) is 4.67. The highest BCUT2D eigenvalue weighted by atomic mass is 35.5. The number of anilines is 1. The van der Waals surface area contributed by atoms with Gasteiger partial charge in [-0.3, -0.25) is 15.1 Å². The Morgan fingerprint density at radius 1 is 1.56 bits per heavy atom. The highest BCUT2D eigenvalue weighted by molar-refractivity contribution is 6.17. The van der Waals surface area contributed by atoms with Crippen LogP contribution in [0.4, 0.5) is 10.5 Å². The zero-order valence-electron chi connectivity index (χ0n) is 10.5. The summed E-state index contributed by atoms with van der Waals surface area (Å²) in [5.41, 5.74) is 0.572. The molecular formula is C12H15ClN2O3. The molecule has 0 saturated heterocycles. The molecule has 0 aliphatic carbocycles. The predicted molar refractivity (Wildman–Crippen MR) is 69.0 cm³/mol. The molecule has 0 aliphatic heterocycles. The molecule has 0 aliphatic rings. The molecule has 1 N–H and O–H groups in total. The Balaban J connectivity index is 2.84. The van der Waals surface area contributed by atoms with E-state index in [4.69, 9.17) is 16.3 Å². The van der Waals surface area contributed by atoms with Crippen LogP contribution < -0.4 is 5.32 Å². The van der Waals surface area contributed by atoms with Gasteiger partial charge in [0.15, 0.2) is 6.29 Å². The zero-order valence-corrected chi connectivity index (χ0v) is 11.2. The summed E-state index contributed by atoms with van der Waals surface area (Å²) in [6.07, 6.45) is 1.38. The summed E-state index contributed by atoms with van der Waals surface area (Å²) in [5, 5.41) is 2.47. The van der Waals surface area contributed by atoms with Crippen LogP contribution in [0.3, 0.4) is 0 Å². The maximum atomic E-state index is 11.5. The first-order valence-electron chi connectivity index (χ1n) is 5.36. The molecule has 6 heteroatoms. The fourth-order valence-electron chi connectivity index (χ4n) is 1.21. The summed E-state index contributed by atoms with van der Waals surface area (Å²) in [4.78, 5) is 26.4. The lowest BCUT2D eigenvalue weighted by Crippen LogP contribution is -2.27. The SMILES string of the molecule is CC(C)(C)OC(=O)Nc1cnc(CCl)cc1C=O. The molecule has 0 spiro atoms. The van der Waals surface area contributed by atoms with Crippen LogP contribution in [0, 0.1) is 0 Å². The van der Waals surface area contributed by atoms with E-state index in [0.29, 0.717) is 23.2 Å². The van der Waals surface area contributed by atoms with Gasteiger partial charge in [0.2, 0.25) is 0 Å².